The van der Waals surface area contributed by atoms with Crippen LogP contribution in [-0.4, -0.2) is 46.5 Å². The first kappa shape index (κ1) is 29.8. The zero-order chi connectivity index (χ0) is 31.9. The Morgan fingerprint density at radius 2 is 1.65 bits per heavy atom. The molecule has 13 heteroatoms. The largest absolute Gasteiger partial charge is 0.464 e. The smallest absolute Gasteiger partial charge is 0.338 e. The van der Waals surface area contributed by atoms with Crippen LogP contribution in [0.5, 0.6) is 0 Å². The van der Waals surface area contributed by atoms with E-state index >= 15 is 0 Å². The molecule has 0 saturated heterocycles. The molecule has 0 spiro atoms. The number of pyridine rings is 1. The van der Waals surface area contributed by atoms with Gasteiger partial charge in [0, 0.05) is 36.5 Å². The molecule has 4 heterocycles. The topological polar surface area (TPSA) is 170 Å². The fraction of sp³-hybridized carbons (Fsp3) is 0.152. The van der Waals surface area contributed by atoms with Crippen molar-refractivity contribution in [2.75, 3.05) is 25.0 Å². The Balaban J connectivity index is 1.33. The van der Waals surface area contributed by atoms with Crippen LogP contribution < -0.4 is 16.0 Å². The summed E-state index contributed by atoms with van der Waals surface area (Å²) < 4.78 is 16.6. The zero-order valence-corrected chi connectivity index (χ0v) is 24.7. The van der Waals surface area contributed by atoms with Crippen LogP contribution in [0, 0.1) is 10.1 Å². The molecule has 13 nitrogen and oxygen atoms in total. The third-order valence-electron chi connectivity index (χ3n) is 7.37. The number of nitrogens with zero attached hydrogens (tertiary/aromatic N) is 4. The lowest BCUT2D eigenvalue weighted by Crippen LogP contribution is -2.56. The molecule has 1 aliphatic heterocycles. The minimum Gasteiger partial charge on any atom is -0.464 e. The Morgan fingerprint density at radius 1 is 0.935 bits per heavy atom. The third kappa shape index (κ3) is 6.06. The van der Waals surface area contributed by atoms with Gasteiger partial charge in [-0.2, -0.15) is 0 Å². The number of benzene rings is 2. The maximum Gasteiger partial charge on any atom is 0.338 e. The van der Waals surface area contributed by atoms with Gasteiger partial charge in [0.05, 0.1) is 29.6 Å². The molecule has 6 rings (SSSR count). The second kappa shape index (κ2) is 13.2. The van der Waals surface area contributed by atoms with Gasteiger partial charge < -0.3 is 29.5 Å². The number of carbonyl (C=O) groups excluding carboxylic acids is 1. The fourth-order valence-corrected chi connectivity index (χ4v) is 5.17. The Bertz CT molecular complexity index is 1770. The lowest BCUT2D eigenvalue weighted by molar-refractivity contribution is -0.385. The highest BCUT2D eigenvalue weighted by molar-refractivity contribution is 5.97. The quantitative estimate of drug-likeness (QED) is 0.0763. The molecule has 1 aliphatic rings. The zero-order valence-electron chi connectivity index (χ0n) is 24.7. The van der Waals surface area contributed by atoms with Crippen molar-refractivity contribution < 1.29 is 23.3 Å². The number of carbonyl (C=O) groups is 1. The summed E-state index contributed by atoms with van der Waals surface area (Å²) in [5.74, 6) is 1.72. The van der Waals surface area contributed by atoms with Gasteiger partial charge >= 0.3 is 5.97 Å². The second-order valence-corrected chi connectivity index (χ2v) is 10.1. The molecule has 0 bridgehead atoms. The van der Waals surface area contributed by atoms with Crippen molar-refractivity contribution in [3.63, 3.8) is 0 Å². The maximum absolute atomic E-state index is 13.5. The lowest BCUT2D eigenvalue weighted by Gasteiger charge is -2.40. The molecular weight excluding hydrogens is 590 g/mol. The molecule has 0 aliphatic carbocycles. The number of esters is 1. The Labute approximate surface area is 263 Å². The standard InChI is InChI=1S/C33H29N7O6/c1-2-44-31(41)27-19-38-32(36-16-15-35-30-14-13-26(18-37-30)40(42)43)39-33(27,24-9-5-22(6-10-24)28-4-3-17-45-28)25-11-7-23(8-12-25)29-20-34-21-46-29/h3-14,17-21H,2,15-16H2,1H3,(H,35,37)(H2,36,38,39). The van der Waals surface area contributed by atoms with Crippen molar-refractivity contribution >= 4 is 23.4 Å². The Morgan fingerprint density at radius 3 is 2.24 bits per heavy atom. The van der Waals surface area contributed by atoms with Crippen molar-refractivity contribution in [3.8, 4) is 22.6 Å². The summed E-state index contributed by atoms with van der Waals surface area (Å²) in [5.41, 5.74) is 2.22. The van der Waals surface area contributed by atoms with E-state index in [1.54, 1.807) is 25.5 Å². The first-order valence-electron chi connectivity index (χ1n) is 14.4. The van der Waals surface area contributed by atoms with Gasteiger partial charge in [0.15, 0.2) is 18.1 Å². The van der Waals surface area contributed by atoms with Gasteiger partial charge in [-0.1, -0.05) is 48.5 Å². The number of aliphatic imine (C=N–C) groups is 1. The number of oxazole rings is 1. The molecule has 232 valence electrons. The number of hydrogen-bond acceptors (Lipinski definition) is 12. The molecule has 46 heavy (non-hydrogen) atoms. The molecule has 1 atom stereocenters. The van der Waals surface area contributed by atoms with Crippen LogP contribution in [0.2, 0.25) is 0 Å². The van der Waals surface area contributed by atoms with Crippen molar-refractivity contribution in [2.45, 2.75) is 12.5 Å². The van der Waals surface area contributed by atoms with E-state index in [1.807, 2.05) is 60.7 Å². The Kier molecular flexibility index (Phi) is 8.54. The van der Waals surface area contributed by atoms with E-state index < -0.39 is 16.4 Å². The van der Waals surface area contributed by atoms with Gasteiger partial charge in [-0.15, -0.1) is 0 Å². The summed E-state index contributed by atoms with van der Waals surface area (Å²) in [6.45, 7) is 2.77. The monoisotopic (exact) mass is 619 g/mol. The van der Waals surface area contributed by atoms with E-state index in [0.29, 0.717) is 42.0 Å². The number of rotatable bonds is 11. The normalized spacial score (nSPS) is 15.7. The summed E-state index contributed by atoms with van der Waals surface area (Å²) in [5, 5.41) is 20.8. The molecule has 3 N–H and O–H groups in total. The third-order valence-corrected chi connectivity index (χ3v) is 7.37. The van der Waals surface area contributed by atoms with Crippen molar-refractivity contribution in [1.29, 1.82) is 0 Å². The van der Waals surface area contributed by atoms with Crippen LogP contribution in [-0.2, 0) is 15.1 Å². The van der Waals surface area contributed by atoms with Crippen molar-refractivity contribution in [3.05, 3.63) is 131 Å². The average molecular weight is 620 g/mol. The van der Waals surface area contributed by atoms with E-state index in [2.05, 4.69) is 30.9 Å². The summed E-state index contributed by atoms with van der Waals surface area (Å²) in [4.78, 5) is 36.6. The molecule has 1 unspecified atom stereocenters. The van der Waals surface area contributed by atoms with Crippen molar-refractivity contribution in [1.82, 2.24) is 20.6 Å². The minimum absolute atomic E-state index is 0.0870. The van der Waals surface area contributed by atoms with Gasteiger partial charge in [-0.25, -0.2) is 19.8 Å². The van der Waals surface area contributed by atoms with Gasteiger partial charge in [-0.05, 0) is 36.2 Å². The van der Waals surface area contributed by atoms with Crippen LogP contribution >= 0.6 is 0 Å². The first-order valence-corrected chi connectivity index (χ1v) is 14.4. The summed E-state index contributed by atoms with van der Waals surface area (Å²) in [7, 11) is 0. The molecule has 3 aromatic heterocycles. The highest BCUT2D eigenvalue weighted by atomic mass is 16.6. The Hall–Kier alpha value is -6.24. The van der Waals surface area contributed by atoms with Crippen LogP contribution in [0.25, 0.3) is 22.6 Å². The molecule has 0 saturated carbocycles. The van der Waals surface area contributed by atoms with E-state index in [1.165, 1.54) is 24.9 Å². The van der Waals surface area contributed by atoms with Crippen LogP contribution in [0.3, 0.4) is 0 Å². The number of nitrogens with one attached hydrogen (secondary N) is 3. The predicted octanol–water partition coefficient (Wildman–Crippen LogP) is 5.26. The van der Waals surface area contributed by atoms with Gasteiger partial charge in [0.2, 0.25) is 0 Å². The summed E-state index contributed by atoms with van der Waals surface area (Å²) in [6.07, 6.45) is 7.34. The fourth-order valence-electron chi connectivity index (χ4n) is 5.17. The van der Waals surface area contributed by atoms with Gasteiger partial charge in [0.1, 0.15) is 23.3 Å². The van der Waals surface area contributed by atoms with Gasteiger partial charge in [-0.3, -0.25) is 10.1 Å². The lowest BCUT2D eigenvalue weighted by atomic mass is 9.75. The highest BCUT2D eigenvalue weighted by Crippen LogP contribution is 2.40. The van der Waals surface area contributed by atoms with E-state index in [-0.39, 0.29) is 12.3 Å². The number of ether oxygens (including phenoxy) is 1. The second-order valence-electron chi connectivity index (χ2n) is 10.1. The molecule has 5 aromatic rings. The van der Waals surface area contributed by atoms with Crippen molar-refractivity contribution in [2.24, 2.45) is 4.99 Å². The first-order chi connectivity index (χ1) is 22.5. The van der Waals surface area contributed by atoms with Crippen LogP contribution in [0.4, 0.5) is 11.5 Å². The molecule has 0 radical (unpaired) electrons. The number of anilines is 1. The highest BCUT2D eigenvalue weighted by Gasteiger charge is 2.45. The van der Waals surface area contributed by atoms with E-state index in [9.17, 15) is 14.9 Å². The van der Waals surface area contributed by atoms with E-state index in [4.69, 9.17) is 13.6 Å². The molecule has 0 fully saturated rings. The number of hydrogen-bond donors (Lipinski definition) is 3. The number of aromatic nitrogens is 2. The SMILES string of the molecule is CCOC(=O)C1=CN=C(NCCNc2ccc([N+](=O)[O-])cn2)NC1(c1ccc(-c2ccco2)cc1)c1ccc(-c2cnco2)cc1. The van der Waals surface area contributed by atoms with Gasteiger partial charge in [0.25, 0.3) is 5.69 Å². The molecule has 2 aromatic carbocycles. The summed E-state index contributed by atoms with van der Waals surface area (Å²) in [6, 6.07) is 22.0. The number of furan rings is 1. The minimum atomic E-state index is -1.20. The molecular formula is C33H29N7O6. The van der Waals surface area contributed by atoms with E-state index in [0.717, 1.165) is 22.3 Å². The predicted molar refractivity (Wildman–Crippen MR) is 170 cm³/mol. The number of nitro groups is 1. The van der Waals surface area contributed by atoms with Crippen LogP contribution in [0.15, 0.2) is 123 Å². The van der Waals surface area contributed by atoms with Crippen LogP contribution in [0.1, 0.15) is 18.1 Å². The maximum atomic E-state index is 13.5. The summed E-state index contributed by atoms with van der Waals surface area (Å²) >= 11 is 0. The molecule has 0 amide bonds. The average Bonchev–Trinajstić information content (AvgIpc) is 3.83. The number of guanidine groups is 1.